The van der Waals surface area contributed by atoms with E-state index >= 15 is 0 Å². The van der Waals surface area contributed by atoms with E-state index in [-0.39, 0.29) is 0 Å². The molecule has 20 heavy (non-hydrogen) atoms. The molecule has 0 aromatic rings. The Kier molecular flexibility index (Phi) is 3.46. The van der Waals surface area contributed by atoms with Crippen LogP contribution in [0.3, 0.4) is 0 Å². The predicted octanol–water partition coefficient (Wildman–Crippen LogP) is 4.59. The molecule has 1 N–H and O–H groups in total. The van der Waals surface area contributed by atoms with Crippen LogP contribution in [-0.2, 0) is 0 Å². The Morgan fingerprint density at radius 2 is 1.75 bits per heavy atom. The van der Waals surface area contributed by atoms with Crippen LogP contribution in [0.25, 0.3) is 0 Å². The zero-order valence-corrected chi connectivity index (χ0v) is 13.8. The molecule has 1 heterocycles. The summed E-state index contributed by atoms with van der Waals surface area (Å²) < 4.78 is 0. The lowest BCUT2D eigenvalue weighted by atomic mass is 9.53. The highest BCUT2D eigenvalue weighted by atomic mass is 32.2. The number of allylic oxidation sites excluding steroid dienone is 2. The average Bonchev–Trinajstić information content (AvgIpc) is 2.76. The van der Waals surface area contributed by atoms with Gasteiger partial charge in [0.05, 0.1) is 0 Å². The summed E-state index contributed by atoms with van der Waals surface area (Å²) in [6, 6.07) is 0. The van der Waals surface area contributed by atoms with E-state index in [1.54, 1.807) is 24.2 Å². The molecule has 2 atom stereocenters. The highest BCUT2D eigenvalue weighted by molar-refractivity contribution is 8.03. The molecule has 1 aliphatic heterocycles. The van der Waals surface area contributed by atoms with Crippen LogP contribution < -0.4 is 5.32 Å². The molecule has 0 aromatic carbocycles. The first-order valence-electron chi connectivity index (χ1n) is 8.78. The Bertz CT molecular complexity index is 378. The van der Waals surface area contributed by atoms with Crippen LogP contribution in [0, 0.1) is 23.7 Å². The second-order valence-electron chi connectivity index (χ2n) is 8.08. The molecule has 112 valence electrons. The number of rotatable bonds is 4. The van der Waals surface area contributed by atoms with Gasteiger partial charge in [-0.15, -0.1) is 11.8 Å². The van der Waals surface area contributed by atoms with E-state index in [4.69, 9.17) is 0 Å². The van der Waals surface area contributed by atoms with Crippen LogP contribution >= 0.6 is 11.8 Å². The molecule has 4 bridgehead atoms. The van der Waals surface area contributed by atoms with Gasteiger partial charge in [-0.3, -0.25) is 0 Å². The van der Waals surface area contributed by atoms with Crippen molar-refractivity contribution in [1.82, 2.24) is 5.32 Å². The third-order valence-electron chi connectivity index (χ3n) is 6.40. The summed E-state index contributed by atoms with van der Waals surface area (Å²) in [5.74, 6) is 3.95. The number of nitrogens with one attached hydrogen (secondary N) is 1. The van der Waals surface area contributed by atoms with Gasteiger partial charge in [-0.2, -0.15) is 0 Å². The van der Waals surface area contributed by atoms with E-state index in [2.05, 4.69) is 37.0 Å². The Morgan fingerprint density at radius 1 is 1.15 bits per heavy atom. The smallest absolute Gasteiger partial charge is 0.0277 e. The van der Waals surface area contributed by atoms with Crippen molar-refractivity contribution < 1.29 is 0 Å². The Hall–Kier alpha value is 0.0500. The van der Waals surface area contributed by atoms with Gasteiger partial charge >= 0.3 is 0 Å². The van der Waals surface area contributed by atoms with E-state index in [9.17, 15) is 0 Å². The van der Waals surface area contributed by atoms with Crippen LogP contribution in [0.5, 0.6) is 0 Å². The van der Waals surface area contributed by atoms with Crippen molar-refractivity contribution in [3.63, 3.8) is 0 Å². The van der Waals surface area contributed by atoms with Gasteiger partial charge in [0.15, 0.2) is 0 Å². The normalized spacial score (nSPS) is 49.7. The first-order valence-corrected chi connectivity index (χ1v) is 9.66. The van der Waals surface area contributed by atoms with Gasteiger partial charge in [-0.1, -0.05) is 19.9 Å². The summed E-state index contributed by atoms with van der Waals surface area (Å²) in [5.41, 5.74) is 0.546. The van der Waals surface area contributed by atoms with Crippen molar-refractivity contribution in [3.8, 4) is 0 Å². The topological polar surface area (TPSA) is 12.0 Å². The summed E-state index contributed by atoms with van der Waals surface area (Å²) in [7, 11) is 0. The molecule has 4 fully saturated rings. The molecule has 0 aromatic heterocycles. The van der Waals surface area contributed by atoms with Crippen molar-refractivity contribution in [2.75, 3.05) is 6.54 Å². The van der Waals surface area contributed by atoms with Crippen LogP contribution in [-0.4, -0.2) is 17.3 Å². The summed E-state index contributed by atoms with van der Waals surface area (Å²) in [6.45, 7) is 5.93. The lowest BCUT2D eigenvalue weighted by molar-refractivity contribution is -0.0195. The summed E-state index contributed by atoms with van der Waals surface area (Å²) in [4.78, 5) is 1.62. The molecular formula is C18H29NS. The van der Waals surface area contributed by atoms with E-state index < -0.39 is 0 Å². The minimum absolute atomic E-state index is 0.546. The quantitative estimate of drug-likeness (QED) is 0.813. The molecule has 0 spiro atoms. The fraction of sp³-hybridized carbons (Fsp3) is 0.889. The maximum absolute atomic E-state index is 4.09. The van der Waals surface area contributed by atoms with Crippen molar-refractivity contribution in [1.29, 1.82) is 0 Å². The van der Waals surface area contributed by atoms with E-state index in [0.29, 0.717) is 5.54 Å². The number of hydrogen-bond donors (Lipinski definition) is 1. The molecule has 4 saturated carbocycles. The van der Waals surface area contributed by atoms with Gasteiger partial charge in [-0.05, 0) is 73.5 Å². The zero-order valence-electron chi connectivity index (χ0n) is 13.0. The molecule has 0 radical (unpaired) electrons. The highest BCUT2D eigenvalue weighted by Gasteiger charge is 2.50. The van der Waals surface area contributed by atoms with Crippen molar-refractivity contribution in [2.24, 2.45) is 23.7 Å². The Morgan fingerprint density at radius 3 is 2.25 bits per heavy atom. The van der Waals surface area contributed by atoms with E-state index in [0.717, 1.165) is 28.9 Å². The molecule has 5 rings (SSSR count). The lowest BCUT2D eigenvalue weighted by Gasteiger charge is -2.57. The molecule has 2 unspecified atom stereocenters. The molecule has 0 saturated heterocycles. The lowest BCUT2D eigenvalue weighted by Crippen LogP contribution is -2.59. The van der Waals surface area contributed by atoms with Crippen molar-refractivity contribution in [3.05, 3.63) is 11.0 Å². The molecular weight excluding hydrogens is 262 g/mol. The van der Waals surface area contributed by atoms with Gasteiger partial charge in [0.1, 0.15) is 0 Å². The molecule has 1 nitrogen and oxygen atoms in total. The van der Waals surface area contributed by atoms with Crippen molar-refractivity contribution >= 4 is 11.8 Å². The van der Waals surface area contributed by atoms with Gasteiger partial charge in [0.25, 0.3) is 0 Å². The first kappa shape index (κ1) is 13.7. The number of thioether (sulfide) groups is 1. The van der Waals surface area contributed by atoms with Gasteiger partial charge < -0.3 is 5.32 Å². The van der Waals surface area contributed by atoms with E-state index in [1.807, 2.05) is 0 Å². The monoisotopic (exact) mass is 291 g/mol. The number of hydrogen-bond acceptors (Lipinski definition) is 2. The van der Waals surface area contributed by atoms with Crippen LogP contribution in [0.15, 0.2) is 11.0 Å². The minimum Gasteiger partial charge on any atom is -0.310 e. The van der Waals surface area contributed by atoms with Gasteiger partial charge in [0, 0.05) is 17.3 Å². The highest BCUT2D eigenvalue weighted by Crippen LogP contribution is 2.55. The Balaban J connectivity index is 1.38. The molecule has 2 heteroatoms. The third kappa shape index (κ3) is 2.37. The predicted molar refractivity (Wildman–Crippen MR) is 87.8 cm³/mol. The largest absolute Gasteiger partial charge is 0.310 e. The fourth-order valence-corrected chi connectivity index (χ4v) is 7.12. The SMILES string of the molecule is CCC1=CC(C)C(CNC23CC4CC(CC(C4)C2)C3)S1. The zero-order chi connectivity index (χ0) is 13.7. The average molecular weight is 292 g/mol. The van der Waals surface area contributed by atoms with Crippen LogP contribution in [0.2, 0.25) is 0 Å². The summed E-state index contributed by atoms with van der Waals surface area (Å²) in [6.07, 6.45) is 12.8. The first-order chi connectivity index (χ1) is 9.66. The van der Waals surface area contributed by atoms with Gasteiger partial charge in [0.2, 0.25) is 0 Å². The maximum atomic E-state index is 4.09. The molecule has 4 aliphatic carbocycles. The second-order valence-corrected chi connectivity index (χ2v) is 9.45. The summed E-state index contributed by atoms with van der Waals surface area (Å²) >= 11 is 2.15. The second kappa shape index (κ2) is 5.05. The molecule has 5 aliphatic rings. The summed E-state index contributed by atoms with van der Waals surface area (Å²) in [5, 5.41) is 4.88. The maximum Gasteiger partial charge on any atom is 0.0277 e. The molecule has 0 amide bonds. The van der Waals surface area contributed by atoms with Crippen molar-refractivity contribution in [2.45, 2.75) is 69.6 Å². The van der Waals surface area contributed by atoms with Gasteiger partial charge in [-0.25, -0.2) is 0 Å². The fourth-order valence-electron chi connectivity index (χ4n) is 5.81. The standard InChI is InChI=1S/C18H29NS/c1-3-16-4-12(2)17(20-16)11-19-18-8-13-5-14(9-18)7-15(6-13)10-18/h4,12-15,17,19H,3,5-11H2,1-2H3. The Labute approximate surface area is 128 Å². The van der Waals surface area contributed by atoms with E-state index in [1.165, 1.54) is 32.2 Å². The van der Waals surface area contributed by atoms with Crippen LogP contribution in [0.1, 0.15) is 58.8 Å². The third-order valence-corrected chi connectivity index (χ3v) is 8.03. The minimum atomic E-state index is 0.546. The van der Waals surface area contributed by atoms with Crippen LogP contribution in [0.4, 0.5) is 0 Å².